The van der Waals surface area contributed by atoms with Crippen LogP contribution in [0.15, 0.2) is 34.9 Å². The molecule has 1 aliphatic rings. The Balaban J connectivity index is 1.51. The van der Waals surface area contributed by atoms with Gasteiger partial charge in [0.2, 0.25) is 0 Å². The normalized spacial score (nSPS) is 17.2. The van der Waals surface area contributed by atoms with Crippen LogP contribution in [0.5, 0.6) is 0 Å². The van der Waals surface area contributed by atoms with E-state index in [1.807, 2.05) is 31.2 Å². The van der Waals surface area contributed by atoms with Crippen molar-refractivity contribution in [1.82, 2.24) is 20.3 Å². The fraction of sp³-hybridized carbons (Fsp3) is 0.500. The molecule has 0 aliphatic carbocycles. The van der Waals surface area contributed by atoms with Crippen LogP contribution >= 0.6 is 0 Å². The van der Waals surface area contributed by atoms with Crippen molar-refractivity contribution in [2.24, 2.45) is 0 Å². The van der Waals surface area contributed by atoms with Crippen molar-refractivity contribution in [3.05, 3.63) is 41.6 Å². The molecule has 140 valence electrons. The summed E-state index contributed by atoms with van der Waals surface area (Å²) < 4.78 is 5.33. The van der Waals surface area contributed by atoms with Gasteiger partial charge in [-0.2, -0.15) is 0 Å². The number of nitrogens with zero attached hydrogens (tertiary/aromatic N) is 3. The predicted molar refractivity (Wildman–Crippen MR) is 102 cm³/mol. The number of likely N-dealkylation sites (N-methyl/N-ethyl adjacent to an activating group) is 1. The van der Waals surface area contributed by atoms with Crippen LogP contribution in [-0.2, 0) is 0 Å². The van der Waals surface area contributed by atoms with Gasteiger partial charge in [0.15, 0.2) is 11.5 Å². The Kier molecular flexibility index (Phi) is 6.06. The highest BCUT2D eigenvalue weighted by atomic mass is 16.5. The van der Waals surface area contributed by atoms with Gasteiger partial charge in [0.1, 0.15) is 0 Å². The molecule has 6 nitrogen and oxygen atoms in total. The number of nitrogens with one attached hydrogen (secondary N) is 1. The van der Waals surface area contributed by atoms with Gasteiger partial charge in [0.05, 0.1) is 0 Å². The summed E-state index contributed by atoms with van der Waals surface area (Å²) in [6, 6.07) is 9.96. The van der Waals surface area contributed by atoms with E-state index in [9.17, 15) is 4.79 Å². The zero-order chi connectivity index (χ0) is 18.5. The quantitative estimate of drug-likeness (QED) is 0.861. The lowest BCUT2D eigenvalue weighted by molar-refractivity contribution is 0.0876. The largest absolute Gasteiger partial charge is 0.355 e. The van der Waals surface area contributed by atoms with Gasteiger partial charge in [0, 0.05) is 50.4 Å². The first kappa shape index (κ1) is 18.6. The molecule has 0 spiro atoms. The molecule has 0 unspecified atom stereocenters. The lowest BCUT2D eigenvalue weighted by Crippen LogP contribution is -2.52. The summed E-state index contributed by atoms with van der Waals surface area (Å²) in [4.78, 5) is 17.2. The molecule has 1 fully saturated rings. The summed E-state index contributed by atoms with van der Waals surface area (Å²) in [7, 11) is 0. The maximum atomic E-state index is 12.4. The van der Waals surface area contributed by atoms with Crippen molar-refractivity contribution in [3.8, 4) is 11.3 Å². The molecule has 1 saturated heterocycles. The minimum atomic E-state index is -0.189. The minimum absolute atomic E-state index is 0.189. The molecule has 0 saturated carbocycles. The summed E-state index contributed by atoms with van der Waals surface area (Å²) in [5.74, 6) is 0.421. The van der Waals surface area contributed by atoms with E-state index < -0.39 is 0 Å². The molecule has 1 atom stereocenters. The van der Waals surface area contributed by atoms with E-state index in [0.717, 1.165) is 38.3 Å². The van der Waals surface area contributed by atoms with Gasteiger partial charge < -0.3 is 14.7 Å². The van der Waals surface area contributed by atoms with Gasteiger partial charge in [-0.05, 0) is 20.4 Å². The molecule has 1 aromatic heterocycles. The molecule has 2 aromatic rings. The summed E-state index contributed by atoms with van der Waals surface area (Å²) in [5.41, 5.74) is 2.42. The second kappa shape index (κ2) is 8.47. The number of hydrogen-bond acceptors (Lipinski definition) is 5. The average molecular weight is 356 g/mol. The maximum Gasteiger partial charge on any atom is 0.273 e. The Morgan fingerprint density at radius 3 is 2.58 bits per heavy atom. The number of benzene rings is 1. The first-order chi connectivity index (χ1) is 12.6. The monoisotopic (exact) mass is 356 g/mol. The third-order valence-electron chi connectivity index (χ3n) is 5.11. The van der Waals surface area contributed by atoms with Crippen molar-refractivity contribution >= 4 is 5.91 Å². The van der Waals surface area contributed by atoms with Crippen LogP contribution in [0.4, 0.5) is 0 Å². The number of rotatable bonds is 6. The van der Waals surface area contributed by atoms with Crippen molar-refractivity contribution in [2.45, 2.75) is 26.8 Å². The van der Waals surface area contributed by atoms with Crippen LogP contribution in [-0.4, -0.2) is 66.2 Å². The average Bonchev–Trinajstić information content (AvgIpc) is 3.16. The molecule has 2 heterocycles. The summed E-state index contributed by atoms with van der Waals surface area (Å²) >= 11 is 0. The van der Waals surface area contributed by atoms with Gasteiger partial charge in [-0.1, -0.05) is 41.9 Å². The molecular weight excluding hydrogens is 328 g/mol. The molecule has 1 N–H and O–H groups in total. The van der Waals surface area contributed by atoms with E-state index in [2.05, 4.69) is 34.1 Å². The van der Waals surface area contributed by atoms with Crippen LogP contribution in [0, 0.1) is 6.92 Å². The van der Waals surface area contributed by atoms with E-state index >= 15 is 0 Å². The number of carbonyl (C=O) groups is 1. The fourth-order valence-electron chi connectivity index (χ4n) is 3.22. The van der Waals surface area contributed by atoms with E-state index in [0.29, 0.717) is 24.0 Å². The van der Waals surface area contributed by atoms with Crippen LogP contribution in [0.25, 0.3) is 11.3 Å². The number of aromatic nitrogens is 1. The standard InChI is InChI=1S/C20H28N4O2/c1-4-23-9-11-24(12-10-23)16(3)14-21-20(25)18-13-19(26-22-18)17-7-5-15(2)6-8-17/h5-8,13,16H,4,9-12,14H2,1-3H3,(H,21,25)/t16-/m0/s1. The fourth-order valence-corrected chi connectivity index (χ4v) is 3.22. The lowest BCUT2D eigenvalue weighted by atomic mass is 10.1. The Morgan fingerprint density at radius 1 is 1.23 bits per heavy atom. The van der Waals surface area contributed by atoms with Gasteiger partial charge in [-0.15, -0.1) is 0 Å². The van der Waals surface area contributed by atoms with E-state index in [1.165, 1.54) is 5.56 Å². The molecule has 1 amide bonds. The number of aryl methyl sites for hydroxylation is 1. The van der Waals surface area contributed by atoms with E-state index in [1.54, 1.807) is 6.07 Å². The molecule has 0 radical (unpaired) electrons. The second-order valence-corrected chi connectivity index (χ2v) is 6.97. The smallest absolute Gasteiger partial charge is 0.273 e. The van der Waals surface area contributed by atoms with E-state index in [-0.39, 0.29) is 5.91 Å². The molecule has 6 heteroatoms. The maximum absolute atomic E-state index is 12.4. The highest BCUT2D eigenvalue weighted by molar-refractivity contribution is 5.93. The van der Waals surface area contributed by atoms with Crippen LogP contribution in [0.3, 0.4) is 0 Å². The topological polar surface area (TPSA) is 61.6 Å². The van der Waals surface area contributed by atoms with Crippen molar-refractivity contribution in [3.63, 3.8) is 0 Å². The first-order valence-corrected chi connectivity index (χ1v) is 9.35. The van der Waals surface area contributed by atoms with Crippen molar-refractivity contribution < 1.29 is 9.32 Å². The summed E-state index contributed by atoms with van der Waals surface area (Å²) in [6.45, 7) is 12.4. The predicted octanol–water partition coefficient (Wildman–Crippen LogP) is 2.41. The molecular formula is C20H28N4O2. The Hall–Kier alpha value is -2.18. The number of carbonyl (C=O) groups excluding carboxylic acids is 1. The molecule has 3 rings (SSSR count). The second-order valence-electron chi connectivity index (χ2n) is 6.97. The lowest BCUT2D eigenvalue weighted by Gasteiger charge is -2.37. The first-order valence-electron chi connectivity index (χ1n) is 9.35. The highest BCUT2D eigenvalue weighted by Gasteiger charge is 2.21. The van der Waals surface area contributed by atoms with Gasteiger partial charge in [0.25, 0.3) is 5.91 Å². The van der Waals surface area contributed by atoms with Crippen molar-refractivity contribution in [2.75, 3.05) is 39.3 Å². The van der Waals surface area contributed by atoms with E-state index in [4.69, 9.17) is 4.52 Å². The highest BCUT2D eigenvalue weighted by Crippen LogP contribution is 2.20. The zero-order valence-corrected chi connectivity index (χ0v) is 15.9. The molecule has 1 aromatic carbocycles. The van der Waals surface area contributed by atoms with Crippen molar-refractivity contribution in [1.29, 1.82) is 0 Å². The Labute approximate surface area is 155 Å². The van der Waals surface area contributed by atoms with Crippen LogP contribution in [0.2, 0.25) is 0 Å². The summed E-state index contributed by atoms with van der Waals surface area (Å²) in [5, 5.41) is 6.90. The Bertz CT molecular complexity index is 718. The minimum Gasteiger partial charge on any atom is -0.355 e. The zero-order valence-electron chi connectivity index (χ0n) is 15.9. The molecule has 1 aliphatic heterocycles. The molecule has 26 heavy (non-hydrogen) atoms. The third-order valence-corrected chi connectivity index (χ3v) is 5.11. The van der Waals surface area contributed by atoms with Crippen LogP contribution in [0.1, 0.15) is 29.9 Å². The molecule has 0 bridgehead atoms. The number of piperazine rings is 1. The van der Waals surface area contributed by atoms with Gasteiger partial charge in [-0.25, -0.2) is 0 Å². The number of amides is 1. The van der Waals surface area contributed by atoms with Gasteiger partial charge >= 0.3 is 0 Å². The summed E-state index contributed by atoms with van der Waals surface area (Å²) in [6.07, 6.45) is 0. The van der Waals surface area contributed by atoms with Gasteiger partial charge in [-0.3, -0.25) is 9.69 Å². The third kappa shape index (κ3) is 4.51. The SMILES string of the molecule is CCN1CCN([C@@H](C)CNC(=O)c2cc(-c3ccc(C)cc3)on2)CC1. The Morgan fingerprint density at radius 2 is 1.92 bits per heavy atom. The van der Waals surface area contributed by atoms with Crippen LogP contribution < -0.4 is 5.32 Å². The number of hydrogen-bond donors (Lipinski definition) is 1.